The zero-order chi connectivity index (χ0) is 25.2. The summed E-state index contributed by atoms with van der Waals surface area (Å²) >= 11 is 0. The molecule has 0 aromatic heterocycles. The Balaban J connectivity index is 3.12. The number of benzene rings is 1. The van der Waals surface area contributed by atoms with Crippen molar-refractivity contribution in [3.63, 3.8) is 0 Å². The van der Waals surface area contributed by atoms with Crippen molar-refractivity contribution in [3.05, 3.63) is 17.7 Å². The Morgan fingerprint density at radius 2 is 1.09 bits per heavy atom. The van der Waals surface area contributed by atoms with E-state index in [9.17, 15) is 4.79 Å². The molecule has 0 spiro atoms. The highest BCUT2D eigenvalue weighted by Crippen LogP contribution is 2.39. The number of hydrogen-bond acceptors (Lipinski definition) is 11. The third kappa shape index (κ3) is 12.9. The van der Waals surface area contributed by atoms with Crippen molar-refractivity contribution in [2.75, 3.05) is 79.3 Å². The van der Waals surface area contributed by atoms with Gasteiger partial charge in [-0.2, -0.15) is 0 Å². The molecule has 0 aliphatic carbocycles. The standard InChI is InChI=1S/C23H38O11/c1-23(2,3)34-22(27)18-16-19(31-13-10-28-7-4-24)21(33-15-12-30-9-6-26)20(17-18)32-14-11-29-8-5-25/h16-17,24-26H,4-15H2,1-3H3. The number of aliphatic hydroxyl groups excluding tert-OH is 3. The lowest BCUT2D eigenvalue weighted by Crippen LogP contribution is -2.24. The molecule has 11 nitrogen and oxygen atoms in total. The minimum Gasteiger partial charge on any atom is -0.487 e. The van der Waals surface area contributed by atoms with Gasteiger partial charge in [0.25, 0.3) is 0 Å². The van der Waals surface area contributed by atoms with Gasteiger partial charge in [0.05, 0.1) is 65.0 Å². The Bertz CT molecular complexity index is 653. The minimum absolute atomic E-state index is 0.102. The first kappa shape index (κ1) is 29.9. The Morgan fingerprint density at radius 3 is 1.47 bits per heavy atom. The number of carbonyl (C=O) groups is 1. The molecule has 196 valence electrons. The van der Waals surface area contributed by atoms with Crippen LogP contribution in [0.2, 0.25) is 0 Å². The smallest absolute Gasteiger partial charge is 0.338 e. The first-order chi connectivity index (χ1) is 16.3. The molecule has 0 aliphatic rings. The van der Waals surface area contributed by atoms with Crippen LogP contribution in [0.4, 0.5) is 0 Å². The quantitative estimate of drug-likeness (QED) is 0.187. The number of esters is 1. The van der Waals surface area contributed by atoms with E-state index in [1.54, 1.807) is 20.8 Å². The maximum atomic E-state index is 12.7. The minimum atomic E-state index is -0.700. The van der Waals surface area contributed by atoms with Crippen LogP contribution in [-0.4, -0.2) is 106 Å². The summed E-state index contributed by atoms with van der Waals surface area (Å²) in [5.74, 6) is 0.172. The van der Waals surface area contributed by atoms with Crippen molar-refractivity contribution in [2.45, 2.75) is 26.4 Å². The SMILES string of the molecule is CC(C)(C)OC(=O)c1cc(OCCOCCO)c(OCCOCCO)c(OCCOCCO)c1. The van der Waals surface area contributed by atoms with Gasteiger partial charge < -0.3 is 48.5 Å². The summed E-state index contributed by atoms with van der Waals surface area (Å²) in [6, 6.07) is 3.00. The molecule has 0 aliphatic heterocycles. The Labute approximate surface area is 200 Å². The highest BCUT2D eigenvalue weighted by atomic mass is 16.6. The molecule has 11 heteroatoms. The molecule has 0 atom stereocenters. The third-order valence-corrected chi connectivity index (χ3v) is 3.81. The van der Waals surface area contributed by atoms with Crippen molar-refractivity contribution in [3.8, 4) is 17.2 Å². The number of hydrogen-bond donors (Lipinski definition) is 3. The average Bonchev–Trinajstić information content (AvgIpc) is 2.78. The number of carbonyl (C=O) groups excluding carboxylic acids is 1. The van der Waals surface area contributed by atoms with Gasteiger partial charge in [-0.1, -0.05) is 0 Å². The van der Waals surface area contributed by atoms with Crippen LogP contribution in [0.3, 0.4) is 0 Å². The summed E-state index contributed by atoms with van der Waals surface area (Å²) in [6.07, 6.45) is 0. The van der Waals surface area contributed by atoms with Crippen LogP contribution in [0.25, 0.3) is 0 Å². The second-order valence-electron chi connectivity index (χ2n) is 7.86. The van der Waals surface area contributed by atoms with E-state index < -0.39 is 11.6 Å². The number of rotatable bonds is 19. The molecule has 0 fully saturated rings. The van der Waals surface area contributed by atoms with Crippen LogP contribution in [0.5, 0.6) is 17.2 Å². The average molecular weight is 491 g/mol. The molecule has 0 heterocycles. The Kier molecular flexibility index (Phi) is 15.2. The molecule has 3 N–H and O–H groups in total. The second-order valence-corrected chi connectivity index (χ2v) is 7.86. The molecule has 1 aromatic rings. The maximum absolute atomic E-state index is 12.7. The first-order valence-electron chi connectivity index (χ1n) is 11.2. The summed E-state index contributed by atoms with van der Waals surface area (Å²) in [6.45, 7) is 6.55. The molecule has 0 saturated heterocycles. The van der Waals surface area contributed by atoms with E-state index in [1.807, 2.05) is 0 Å². The van der Waals surface area contributed by atoms with E-state index in [0.29, 0.717) is 0 Å². The van der Waals surface area contributed by atoms with Gasteiger partial charge >= 0.3 is 5.97 Å². The van der Waals surface area contributed by atoms with E-state index in [1.165, 1.54) is 12.1 Å². The maximum Gasteiger partial charge on any atom is 0.338 e. The fourth-order valence-corrected chi connectivity index (χ4v) is 2.51. The predicted octanol–water partition coefficient (Wildman–Crippen LogP) is 0.805. The topological polar surface area (TPSA) is 142 Å². The van der Waals surface area contributed by atoms with Crippen LogP contribution in [0.1, 0.15) is 31.1 Å². The third-order valence-electron chi connectivity index (χ3n) is 3.81. The van der Waals surface area contributed by atoms with E-state index in [4.69, 9.17) is 48.5 Å². The van der Waals surface area contributed by atoms with Crippen molar-refractivity contribution in [1.82, 2.24) is 0 Å². The van der Waals surface area contributed by atoms with E-state index in [0.717, 1.165) is 0 Å². The lowest BCUT2D eigenvalue weighted by atomic mass is 10.1. The first-order valence-corrected chi connectivity index (χ1v) is 11.2. The molecule has 1 aromatic carbocycles. The summed E-state index contributed by atoms with van der Waals surface area (Å²) in [7, 11) is 0. The van der Waals surface area contributed by atoms with Crippen molar-refractivity contribution >= 4 is 5.97 Å². The number of ether oxygens (including phenoxy) is 7. The van der Waals surface area contributed by atoms with Crippen LogP contribution in [-0.2, 0) is 18.9 Å². The predicted molar refractivity (Wildman–Crippen MR) is 122 cm³/mol. The second kappa shape index (κ2) is 17.3. The van der Waals surface area contributed by atoms with Gasteiger partial charge in [-0.25, -0.2) is 4.79 Å². The zero-order valence-electron chi connectivity index (χ0n) is 20.2. The summed E-state index contributed by atoms with van der Waals surface area (Å²) < 4.78 is 38.6. The van der Waals surface area contributed by atoms with Gasteiger partial charge in [-0.3, -0.25) is 0 Å². The van der Waals surface area contributed by atoms with Crippen LogP contribution in [0.15, 0.2) is 12.1 Å². The molecule has 0 unspecified atom stereocenters. The molecule has 0 saturated carbocycles. The number of aliphatic hydroxyl groups is 3. The van der Waals surface area contributed by atoms with E-state index >= 15 is 0 Å². The van der Waals surface area contributed by atoms with Crippen LogP contribution in [0, 0.1) is 0 Å². The fraction of sp³-hybridized carbons (Fsp3) is 0.696. The monoisotopic (exact) mass is 490 g/mol. The zero-order valence-corrected chi connectivity index (χ0v) is 20.2. The highest BCUT2D eigenvalue weighted by Gasteiger charge is 2.23. The largest absolute Gasteiger partial charge is 0.487 e. The van der Waals surface area contributed by atoms with E-state index in [-0.39, 0.29) is 102 Å². The molecule has 1 rings (SSSR count). The lowest BCUT2D eigenvalue weighted by Gasteiger charge is -2.21. The molecule has 34 heavy (non-hydrogen) atoms. The highest BCUT2D eigenvalue weighted by molar-refractivity contribution is 5.91. The van der Waals surface area contributed by atoms with Gasteiger partial charge in [0.15, 0.2) is 11.5 Å². The molecular formula is C23H38O11. The molecule has 0 bridgehead atoms. The van der Waals surface area contributed by atoms with Gasteiger partial charge in [0, 0.05) is 0 Å². The van der Waals surface area contributed by atoms with Crippen molar-refractivity contribution < 1.29 is 53.3 Å². The fourth-order valence-electron chi connectivity index (χ4n) is 2.51. The van der Waals surface area contributed by atoms with Crippen molar-refractivity contribution in [1.29, 1.82) is 0 Å². The molecular weight excluding hydrogens is 452 g/mol. The van der Waals surface area contributed by atoms with E-state index in [2.05, 4.69) is 0 Å². The van der Waals surface area contributed by atoms with Gasteiger partial charge in [-0.15, -0.1) is 0 Å². The summed E-state index contributed by atoms with van der Waals surface area (Å²) in [5.41, 5.74) is -0.495. The summed E-state index contributed by atoms with van der Waals surface area (Å²) in [5, 5.41) is 26.5. The normalized spacial score (nSPS) is 11.4. The Hall–Kier alpha value is -2.15. The van der Waals surface area contributed by atoms with Crippen LogP contribution < -0.4 is 14.2 Å². The van der Waals surface area contributed by atoms with Crippen LogP contribution >= 0.6 is 0 Å². The molecule has 0 radical (unpaired) electrons. The molecule has 0 amide bonds. The van der Waals surface area contributed by atoms with Gasteiger partial charge in [0.1, 0.15) is 25.4 Å². The lowest BCUT2D eigenvalue weighted by molar-refractivity contribution is 0.00680. The van der Waals surface area contributed by atoms with Crippen molar-refractivity contribution in [2.24, 2.45) is 0 Å². The van der Waals surface area contributed by atoms with Gasteiger partial charge in [0.2, 0.25) is 5.75 Å². The van der Waals surface area contributed by atoms with Gasteiger partial charge in [-0.05, 0) is 32.9 Å². The summed E-state index contributed by atoms with van der Waals surface area (Å²) in [4.78, 5) is 12.7. The Morgan fingerprint density at radius 1 is 0.676 bits per heavy atom.